The highest BCUT2D eigenvalue weighted by atomic mass is 79.9. The van der Waals surface area contributed by atoms with Gasteiger partial charge in [-0.3, -0.25) is 4.79 Å². The number of aryl methyl sites for hydroxylation is 1. The predicted molar refractivity (Wildman–Crippen MR) is 84.8 cm³/mol. The van der Waals surface area contributed by atoms with E-state index in [1.165, 1.54) is 0 Å². The SMILES string of the molecule is Cc1cc(Br)cc(CNC(C)(C)C)c1OC(C)C(N)=O. The van der Waals surface area contributed by atoms with Gasteiger partial charge in [0.15, 0.2) is 6.10 Å². The molecule has 0 aliphatic heterocycles. The van der Waals surface area contributed by atoms with Crippen LogP contribution in [-0.2, 0) is 11.3 Å². The zero-order chi connectivity index (χ0) is 15.5. The fraction of sp³-hybridized carbons (Fsp3) is 0.533. The van der Waals surface area contributed by atoms with Crippen LogP contribution in [-0.4, -0.2) is 17.6 Å². The van der Waals surface area contributed by atoms with Crippen LogP contribution in [0.15, 0.2) is 16.6 Å². The first-order valence-electron chi connectivity index (χ1n) is 6.60. The van der Waals surface area contributed by atoms with E-state index in [2.05, 4.69) is 42.0 Å². The van der Waals surface area contributed by atoms with Gasteiger partial charge >= 0.3 is 0 Å². The van der Waals surface area contributed by atoms with E-state index in [4.69, 9.17) is 10.5 Å². The number of amides is 1. The van der Waals surface area contributed by atoms with Gasteiger partial charge in [-0.2, -0.15) is 0 Å². The van der Waals surface area contributed by atoms with Gasteiger partial charge in [-0.05, 0) is 52.3 Å². The molecular formula is C15H23BrN2O2. The summed E-state index contributed by atoms with van der Waals surface area (Å²) >= 11 is 3.49. The van der Waals surface area contributed by atoms with E-state index in [1.54, 1.807) is 6.92 Å². The fourth-order valence-corrected chi connectivity index (χ4v) is 2.31. The standard InChI is InChI=1S/C15H23BrN2O2/c1-9-6-12(16)7-11(8-18-15(3,4)5)13(9)20-10(2)14(17)19/h6-7,10,18H,8H2,1-5H3,(H2,17,19). The number of nitrogens with two attached hydrogens (primary N) is 1. The van der Waals surface area contributed by atoms with Crippen LogP contribution in [0, 0.1) is 6.92 Å². The molecule has 1 aromatic carbocycles. The van der Waals surface area contributed by atoms with E-state index in [0.717, 1.165) is 21.3 Å². The molecule has 0 heterocycles. The molecule has 0 aliphatic carbocycles. The third-order valence-electron chi connectivity index (χ3n) is 2.82. The van der Waals surface area contributed by atoms with E-state index in [1.807, 2.05) is 19.1 Å². The maximum Gasteiger partial charge on any atom is 0.258 e. The molecule has 0 fully saturated rings. The van der Waals surface area contributed by atoms with Crippen LogP contribution in [0.5, 0.6) is 5.75 Å². The smallest absolute Gasteiger partial charge is 0.258 e. The summed E-state index contributed by atoms with van der Waals surface area (Å²) in [7, 11) is 0. The number of nitrogens with one attached hydrogen (secondary N) is 1. The summed E-state index contributed by atoms with van der Waals surface area (Å²) in [5.41, 5.74) is 7.24. The Balaban J connectivity index is 3.04. The van der Waals surface area contributed by atoms with Crippen molar-refractivity contribution >= 4 is 21.8 Å². The number of hydrogen-bond acceptors (Lipinski definition) is 3. The van der Waals surface area contributed by atoms with Gasteiger partial charge in [0.1, 0.15) is 5.75 Å². The Labute approximate surface area is 129 Å². The minimum absolute atomic E-state index is 0.00277. The lowest BCUT2D eigenvalue weighted by Gasteiger charge is -2.23. The largest absolute Gasteiger partial charge is 0.480 e. The Hall–Kier alpha value is -1.07. The molecule has 0 bridgehead atoms. The van der Waals surface area contributed by atoms with Crippen LogP contribution in [0.4, 0.5) is 0 Å². The van der Waals surface area contributed by atoms with E-state index < -0.39 is 12.0 Å². The number of rotatable bonds is 5. The number of hydrogen-bond donors (Lipinski definition) is 2. The number of benzene rings is 1. The van der Waals surface area contributed by atoms with Gasteiger partial charge in [-0.1, -0.05) is 15.9 Å². The average Bonchev–Trinajstić information content (AvgIpc) is 2.28. The first kappa shape index (κ1) is 17.0. The number of carbonyl (C=O) groups excluding carboxylic acids is 1. The van der Waals surface area contributed by atoms with Crippen LogP contribution >= 0.6 is 15.9 Å². The minimum Gasteiger partial charge on any atom is -0.480 e. The lowest BCUT2D eigenvalue weighted by molar-refractivity contribution is -0.124. The van der Waals surface area contributed by atoms with Gasteiger partial charge in [-0.25, -0.2) is 0 Å². The highest BCUT2D eigenvalue weighted by Crippen LogP contribution is 2.29. The summed E-state index contributed by atoms with van der Waals surface area (Å²) in [5.74, 6) is 0.248. The lowest BCUT2D eigenvalue weighted by Crippen LogP contribution is -2.35. The van der Waals surface area contributed by atoms with E-state index in [9.17, 15) is 4.79 Å². The number of carbonyl (C=O) groups is 1. The first-order valence-corrected chi connectivity index (χ1v) is 7.39. The summed E-state index contributed by atoms with van der Waals surface area (Å²) in [6, 6.07) is 3.96. The molecule has 0 aliphatic rings. The Morgan fingerprint density at radius 1 is 1.45 bits per heavy atom. The van der Waals surface area contributed by atoms with Crippen molar-refractivity contribution in [3.8, 4) is 5.75 Å². The Bertz CT molecular complexity index is 495. The van der Waals surface area contributed by atoms with Crippen molar-refractivity contribution in [2.24, 2.45) is 5.73 Å². The van der Waals surface area contributed by atoms with Gasteiger partial charge in [0.05, 0.1) is 0 Å². The molecule has 0 radical (unpaired) electrons. The van der Waals surface area contributed by atoms with Gasteiger partial charge in [0.25, 0.3) is 5.91 Å². The Morgan fingerprint density at radius 3 is 2.55 bits per heavy atom. The lowest BCUT2D eigenvalue weighted by atomic mass is 10.1. The maximum absolute atomic E-state index is 11.2. The zero-order valence-corrected chi connectivity index (χ0v) is 14.3. The molecule has 0 aromatic heterocycles. The van der Waals surface area contributed by atoms with Gasteiger partial charge < -0.3 is 15.8 Å². The predicted octanol–water partition coefficient (Wildman–Crippen LogP) is 2.90. The van der Waals surface area contributed by atoms with Crippen molar-refractivity contribution in [3.05, 3.63) is 27.7 Å². The number of halogens is 1. The number of ether oxygens (including phenoxy) is 1. The molecule has 1 aromatic rings. The third kappa shape index (κ3) is 5.13. The van der Waals surface area contributed by atoms with Gasteiger partial charge in [0, 0.05) is 22.1 Å². The molecule has 1 unspecified atom stereocenters. The summed E-state index contributed by atoms with van der Waals surface area (Å²) in [6.07, 6.45) is -0.650. The molecule has 0 spiro atoms. The summed E-state index contributed by atoms with van der Waals surface area (Å²) in [4.78, 5) is 11.2. The summed E-state index contributed by atoms with van der Waals surface area (Å²) < 4.78 is 6.71. The molecule has 1 atom stereocenters. The highest BCUT2D eigenvalue weighted by molar-refractivity contribution is 9.10. The molecule has 20 heavy (non-hydrogen) atoms. The normalized spacial score (nSPS) is 13.1. The topological polar surface area (TPSA) is 64.3 Å². The monoisotopic (exact) mass is 342 g/mol. The molecule has 5 heteroatoms. The van der Waals surface area contributed by atoms with Crippen molar-refractivity contribution in [1.82, 2.24) is 5.32 Å². The van der Waals surface area contributed by atoms with E-state index in [0.29, 0.717) is 6.54 Å². The third-order valence-corrected chi connectivity index (χ3v) is 3.28. The molecule has 112 valence electrons. The van der Waals surface area contributed by atoms with Crippen molar-refractivity contribution in [2.75, 3.05) is 0 Å². The van der Waals surface area contributed by atoms with Gasteiger partial charge in [-0.15, -0.1) is 0 Å². The van der Waals surface area contributed by atoms with Crippen LogP contribution in [0.3, 0.4) is 0 Å². The second-order valence-corrected chi connectivity index (χ2v) is 6.89. The molecule has 0 saturated heterocycles. The molecule has 4 nitrogen and oxygen atoms in total. The maximum atomic E-state index is 11.2. The van der Waals surface area contributed by atoms with Crippen molar-refractivity contribution in [3.63, 3.8) is 0 Å². The van der Waals surface area contributed by atoms with E-state index in [-0.39, 0.29) is 5.54 Å². The minimum atomic E-state index is -0.650. The molecule has 0 saturated carbocycles. The Morgan fingerprint density at radius 2 is 2.05 bits per heavy atom. The van der Waals surface area contributed by atoms with Crippen molar-refractivity contribution < 1.29 is 9.53 Å². The van der Waals surface area contributed by atoms with E-state index >= 15 is 0 Å². The first-order chi connectivity index (χ1) is 9.10. The summed E-state index contributed by atoms with van der Waals surface area (Å²) in [6.45, 7) is 10.6. The van der Waals surface area contributed by atoms with Gasteiger partial charge in [0.2, 0.25) is 0 Å². The van der Waals surface area contributed by atoms with Crippen molar-refractivity contribution in [2.45, 2.75) is 52.8 Å². The second kappa shape index (κ2) is 6.59. The second-order valence-electron chi connectivity index (χ2n) is 5.98. The molecule has 1 amide bonds. The van der Waals surface area contributed by atoms with Crippen LogP contribution in [0.25, 0.3) is 0 Å². The molecule has 3 N–H and O–H groups in total. The quantitative estimate of drug-likeness (QED) is 0.864. The van der Waals surface area contributed by atoms with Crippen LogP contribution in [0.1, 0.15) is 38.8 Å². The molecule has 1 rings (SSSR count). The zero-order valence-electron chi connectivity index (χ0n) is 12.7. The highest BCUT2D eigenvalue weighted by Gasteiger charge is 2.17. The summed E-state index contributed by atoms with van der Waals surface area (Å²) in [5, 5.41) is 3.42. The van der Waals surface area contributed by atoms with Crippen LogP contribution < -0.4 is 15.8 Å². The molecular weight excluding hydrogens is 320 g/mol. The van der Waals surface area contributed by atoms with Crippen LogP contribution in [0.2, 0.25) is 0 Å². The fourth-order valence-electron chi connectivity index (χ4n) is 1.69. The van der Waals surface area contributed by atoms with Crippen molar-refractivity contribution in [1.29, 1.82) is 0 Å². The number of primary amides is 1. The Kier molecular flexibility index (Phi) is 5.59. The average molecular weight is 343 g/mol.